The number of aromatic nitrogens is 2. The highest BCUT2D eigenvalue weighted by Crippen LogP contribution is 2.26. The summed E-state index contributed by atoms with van der Waals surface area (Å²) in [7, 11) is 3.14. The molecule has 1 unspecified atom stereocenters. The van der Waals surface area contributed by atoms with Crippen molar-refractivity contribution >= 4 is 5.95 Å². The van der Waals surface area contributed by atoms with Crippen LogP contribution >= 0.6 is 0 Å². The summed E-state index contributed by atoms with van der Waals surface area (Å²) in [6.45, 7) is 3.43. The molecule has 1 aromatic rings. The van der Waals surface area contributed by atoms with Crippen LogP contribution in [-0.2, 0) is 0 Å². The first-order valence-electron chi connectivity index (χ1n) is 6.48. The van der Waals surface area contributed by atoms with Crippen LogP contribution in [0.1, 0.15) is 26.2 Å². The monoisotopic (exact) mass is 267 g/mol. The van der Waals surface area contributed by atoms with Crippen LogP contribution in [0.2, 0.25) is 0 Å². The summed E-state index contributed by atoms with van der Waals surface area (Å²) in [4.78, 5) is 10.7. The van der Waals surface area contributed by atoms with E-state index in [-0.39, 0.29) is 0 Å². The lowest BCUT2D eigenvalue weighted by Crippen LogP contribution is -2.29. The van der Waals surface area contributed by atoms with Gasteiger partial charge in [-0.25, -0.2) is 0 Å². The Hall–Kier alpha value is -1.56. The van der Waals surface area contributed by atoms with Gasteiger partial charge in [-0.1, -0.05) is 0 Å². The summed E-state index contributed by atoms with van der Waals surface area (Å²) in [5.74, 6) is 1.56. The minimum Gasteiger partial charge on any atom is -0.481 e. The topological polar surface area (TPSA) is 67.7 Å². The molecule has 6 nitrogen and oxygen atoms in total. The molecule has 0 aliphatic carbocycles. The fourth-order valence-electron chi connectivity index (χ4n) is 2.21. The zero-order valence-electron chi connectivity index (χ0n) is 11.7. The number of aliphatic hydroxyl groups is 1. The predicted molar refractivity (Wildman–Crippen MR) is 71.8 cm³/mol. The summed E-state index contributed by atoms with van der Waals surface area (Å²) in [6, 6.07) is 1.65. The van der Waals surface area contributed by atoms with E-state index < -0.39 is 5.60 Å². The van der Waals surface area contributed by atoms with E-state index in [0.29, 0.717) is 24.1 Å². The Bertz CT molecular complexity index is 415. The van der Waals surface area contributed by atoms with Gasteiger partial charge in [0, 0.05) is 13.1 Å². The van der Waals surface area contributed by atoms with Crippen LogP contribution in [-0.4, -0.2) is 48.0 Å². The maximum Gasteiger partial charge on any atom is 0.231 e. The molecule has 0 saturated carbocycles. The van der Waals surface area contributed by atoms with E-state index in [1.54, 1.807) is 20.3 Å². The SMILES string of the molecule is COc1cc(OC)nc(N2CCCC(C)(O)CC2)n1. The zero-order valence-corrected chi connectivity index (χ0v) is 11.7. The summed E-state index contributed by atoms with van der Waals surface area (Å²) in [6.07, 6.45) is 2.41. The van der Waals surface area contributed by atoms with Crippen LogP contribution in [0, 0.1) is 0 Å². The molecular formula is C13H21N3O3. The molecule has 1 fully saturated rings. The first-order chi connectivity index (χ1) is 9.04. The van der Waals surface area contributed by atoms with Crippen molar-refractivity contribution < 1.29 is 14.6 Å². The second-order valence-corrected chi connectivity index (χ2v) is 5.09. The Morgan fingerprint density at radius 1 is 1.16 bits per heavy atom. The Morgan fingerprint density at radius 2 is 1.79 bits per heavy atom. The van der Waals surface area contributed by atoms with E-state index in [0.717, 1.165) is 25.9 Å². The minimum atomic E-state index is -0.600. The fourth-order valence-corrected chi connectivity index (χ4v) is 2.21. The van der Waals surface area contributed by atoms with Gasteiger partial charge in [-0.05, 0) is 26.2 Å². The molecule has 1 N–H and O–H groups in total. The van der Waals surface area contributed by atoms with E-state index >= 15 is 0 Å². The van der Waals surface area contributed by atoms with Crippen molar-refractivity contribution in [3.8, 4) is 11.8 Å². The van der Waals surface area contributed by atoms with Gasteiger partial charge >= 0.3 is 0 Å². The standard InChI is InChI=1S/C13H21N3O3/c1-13(17)5-4-7-16(8-6-13)12-14-10(18-2)9-11(15-12)19-3/h9,17H,4-8H2,1-3H3. The first-order valence-corrected chi connectivity index (χ1v) is 6.48. The van der Waals surface area contributed by atoms with Gasteiger partial charge in [0.05, 0.1) is 25.9 Å². The molecule has 0 bridgehead atoms. The zero-order chi connectivity index (χ0) is 13.9. The number of hydrogen-bond acceptors (Lipinski definition) is 6. The number of hydrogen-bond donors (Lipinski definition) is 1. The summed E-state index contributed by atoms with van der Waals surface area (Å²) in [5, 5.41) is 10.1. The molecule has 0 aromatic carbocycles. The third-order valence-corrected chi connectivity index (χ3v) is 3.43. The first kappa shape index (κ1) is 13.9. The summed E-state index contributed by atoms with van der Waals surface area (Å²) >= 11 is 0. The number of ether oxygens (including phenoxy) is 2. The van der Waals surface area contributed by atoms with Crippen LogP contribution in [0.4, 0.5) is 5.95 Å². The molecule has 1 aliphatic heterocycles. The molecule has 1 atom stereocenters. The maximum absolute atomic E-state index is 10.1. The molecular weight excluding hydrogens is 246 g/mol. The number of nitrogens with zero attached hydrogens (tertiary/aromatic N) is 3. The van der Waals surface area contributed by atoms with Crippen molar-refractivity contribution in [3.63, 3.8) is 0 Å². The second kappa shape index (κ2) is 5.61. The highest BCUT2D eigenvalue weighted by molar-refractivity contribution is 5.37. The smallest absolute Gasteiger partial charge is 0.231 e. The second-order valence-electron chi connectivity index (χ2n) is 5.09. The molecule has 2 rings (SSSR count). The highest BCUT2D eigenvalue weighted by Gasteiger charge is 2.26. The van der Waals surface area contributed by atoms with Crippen LogP contribution in [0.5, 0.6) is 11.8 Å². The van der Waals surface area contributed by atoms with E-state index in [1.807, 2.05) is 6.92 Å². The molecule has 0 spiro atoms. The molecule has 6 heteroatoms. The third kappa shape index (κ3) is 3.47. The van der Waals surface area contributed by atoms with E-state index in [2.05, 4.69) is 14.9 Å². The lowest BCUT2D eigenvalue weighted by Gasteiger charge is -2.22. The number of rotatable bonds is 3. The third-order valence-electron chi connectivity index (χ3n) is 3.43. The average Bonchev–Trinajstić information content (AvgIpc) is 2.59. The van der Waals surface area contributed by atoms with E-state index in [1.165, 1.54) is 0 Å². The minimum absolute atomic E-state index is 0.484. The Balaban J connectivity index is 2.21. The quantitative estimate of drug-likeness (QED) is 0.888. The van der Waals surface area contributed by atoms with Crippen LogP contribution in [0.25, 0.3) is 0 Å². The molecule has 0 radical (unpaired) electrons. The van der Waals surface area contributed by atoms with Crippen molar-refractivity contribution in [2.45, 2.75) is 31.8 Å². The molecule has 1 aliphatic rings. The number of methoxy groups -OCH3 is 2. The van der Waals surface area contributed by atoms with Crippen molar-refractivity contribution in [1.82, 2.24) is 9.97 Å². The Morgan fingerprint density at radius 3 is 2.37 bits per heavy atom. The normalized spacial score (nSPS) is 23.9. The van der Waals surface area contributed by atoms with E-state index in [4.69, 9.17) is 9.47 Å². The van der Waals surface area contributed by atoms with Gasteiger partial charge in [0.1, 0.15) is 0 Å². The lowest BCUT2D eigenvalue weighted by molar-refractivity contribution is 0.0481. The molecule has 1 saturated heterocycles. The van der Waals surface area contributed by atoms with Gasteiger partial charge < -0.3 is 19.5 Å². The lowest BCUT2D eigenvalue weighted by atomic mass is 9.98. The molecule has 106 valence electrons. The Labute approximate surface area is 113 Å². The van der Waals surface area contributed by atoms with Crippen molar-refractivity contribution in [1.29, 1.82) is 0 Å². The van der Waals surface area contributed by atoms with Gasteiger partial charge in [-0.15, -0.1) is 0 Å². The van der Waals surface area contributed by atoms with Gasteiger partial charge in [0.2, 0.25) is 17.7 Å². The van der Waals surface area contributed by atoms with Gasteiger partial charge in [-0.2, -0.15) is 9.97 Å². The van der Waals surface area contributed by atoms with Crippen molar-refractivity contribution in [2.75, 3.05) is 32.2 Å². The Kier molecular flexibility index (Phi) is 4.09. The number of anilines is 1. The predicted octanol–water partition coefficient (Wildman–Crippen LogP) is 1.24. The van der Waals surface area contributed by atoms with E-state index in [9.17, 15) is 5.11 Å². The van der Waals surface area contributed by atoms with Crippen LogP contribution < -0.4 is 14.4 Å². The summed E-state index contributed by atoms with van der Waals surface area (Å²) in [5.41, 5.74) is -0.600. The largest absolute Gasteiger partial charge is 0.481 e. The maximum atomic E-state index is 10.1. The van der Waals surface area contributed by atoms with Crippen molar-refractivity contribution in [2.24, 2.45) is 0 Å². The average molecular weight is 267 g/mol. The highest BCUT2D eigenvalue weighted by atomic mass is 16.5. The van der Waals surface area contributed by atoms with Crippen LogP contribution in [0.15, 0.2) is 6.07 Å². The van der Waals surface area contributed by atoms with Gasteiger partial charge in [0.15, 0.2) is 0 Å². The van der Waals surface area contributed by atoms with Crippen molar-refractivity contribution in [3.05, 3.63) is 6.07 Å². The summed E-state index contributed by atoms with van der Waals surface area (Å²) < 4.78 is 10.3. The fraction of sp³-hybridized carbons (Fsp3) is 0.692. The van der Waals surface area contributed by atoms with Gasteiger partial charge in [-0.3, -0.25) is 0 Å². The molecule has 1 aromatic heterocycles. The molecule has 19 heavy (non-hydrogen) atoms. The van der Waals surface area contributed by atoms with Gasteiger partial charge in [0.25, 0.3) is 0 Å². The van der Waals surface area contributed by atoms with Crippen LogP contribution in [0.3, 0.4) is 0 Å². The molecule has 2 heterocycles. The molecule has 0 amide bonds.